The third kappa shape index (κ3) is 4.37. The van der Waals surface area contributed by atoms with Crippen LogP contribution in [-0.2, 0) is 23.1 Å². The van der Waals surface area contributed by atoms with Crippen LogP contribution in [-0.4, -0.2) is 33.2 Å². The first-order valence-electron chi connectivity index (χ1n) is 10.3. The molecule has 32 heavy (non-hydrogen) atoms. The van der Waals surface area contributed by atoms with Gasteiger partial charge in [-0.3, -0.25) is 9.48 Å². The van der Waals surface area contributed by atoms with Crippen LogP contribution >= 0.6 is 0 Å². The van der Waals surface area contributed by atoms with Crippen molar-refractivity contribution in [3.05, 3.63) is 89.2 Å². The average molecular weight is 428 g/mol. The summed E-state index contributed by atoms with van der Waals surface area (Å²) in [4.78, 5) is 32.1. The Labute approximate surface area is 186 Å². The van der Waals surface area contributed by atoms with Crippen LogP contribution in [0, 0.1) is 13.8 Å². The van der Waals surface area contributed by atoms with Crippen molar-refractivity contribution >= 4 is 28.6 Å². The van der Waals surface area contributed by atoms with E-state index in [0.29, 0.717) is 34.5 Å². The van der Waals surface area contributed by atoms with Crippen molar-refractivity contribution in [3.63, 3.8) is 0 Å². The molecule has 0 aliphatic carbocycles. The van der Waals surface area contributed by atoms with Crippen molar-refractivity contribution in [2.75, 3.05) is 11.5 Å². The molecule has 7 heteroatoms. The summed E-state index contributed by atoms with van der Waals surface area (Å²) in [5.41, 5.74) is 4.05. The highest BCUT2D eigenvalue weighted by Crippen LogP contribution is 2.23. The first-order valence-corrected chi connectivity index (χ1v) is 10.3. The number of carbonyl (C=O) groups is 2. The number of ether oxygens (including phenoxy) is 1. The standard InChI is InChI=1S/C25H24N4O3/c1-17-14-21(23-18(2)27-28(3)24(23)26-17)25(31)32-16-22(30)29(20-12-8-5-9-13-20)15-19-10-6-4-7-11-19/h4-14H,15-16H2,1-3H3. The van der Waals surface area contributed by atoms with Gasteiger partial charge in [0.2, 0.25) is 0 Å². The van der Waals surface area contributed by atoms with E-state index in [9.17, 15) is 9.59 Å². The Balaban J connectivity index is 1.56. The van der Waals surface area contributed by atoms with E-state index in [4.69, 9.17) is 4.74 Å². The number of esters is 1. The fourth-order valence-corrected chi connectivity index (χ4v) is 3.71. The molecule has 0 saturated carbocycles. The Morgan fingerprint density at radius 2 is 1.66 bits per heavy atom. The second-order valence-electron chi connectivity index (χ2n) is 7.60. The normalized spacial score (nSPS) is 10.8. The van der Waals surface area contributed by atoms with E-state index in [2.05, 4.69) is 10.1 Å². The number of pyridine rings is 1. The smallest absolute Gasteiger partial charge is 0.339 e. The molecule has 0 aliphatic rings. The van der Waals surface area contributed by atoms with Gasteiger partial charge in [-0.2, -0.15) is 5.10 Å². The molecule has 0 atom stereocenters. The van der Waals surface area contributed by atoms with Gasteiger partial charge >= 0.3 is 5.97 Å². The molecule has 1 amide bonds. The molecular weight excluding hydrogens is 404 g/mol. The van der Waals surface area contributed by atoms with Crippen LogP contribution in [0.25, 0.3) is 11.0 Å². The highest BCUT2D eigenvalue weighted by molar-refractivity contribution is 6.05. The molecule has 4 aromatic rings. The molecule has 0 aliphatic heterocycles. The van der Waals surface area contributed by atoms with Crippen LogP contribution in [0.1, 0.15) is 27.3 Å². The number of carbonyl (C=O) groups excluding carboxylic acids is 2. The molecule has 4 rings (SSSR count). The SMILES string of the molecule is Cc1cc(C(=O)OCC(=O)N(Cc2ccccc2)c2ccccc2)c2c(C)nn(C)c2n1. The van der Waals surface area contributed by atoms with E-state index < -0.39 is 5.97 Å². The lowest BCUT2D eigenvalue weighted by Crippen LogP contribution is -2.34. The van der Waals surface area contributed by atoms with Crippen LogP contribution in [0.5, 0.6) is 0 Å². The van der Waals surface area contributed by atoms with Gasteiger partial charge in [0.15, 0.2) is 12.3 Å². The van der Waals surface area contributed by atoms with Crippen molar-refractivity contribution in [1.29, 1.82) is 0 Å². The molecule has 0 saturated heterocycles. The van der Waals surface area contributed by atoms with E-state index in [1.165, 1.54) is 0 Å². The van der Waals surface area contributed by atoms with E-state index in [1.54, 1.807) is 29.6 Å². The summed E-state index contributed by atoms with van der Waals surface area (Å²) in [6.45, 7) is 3.63. The third-order valence-corrected chi connectivity index (χ3v) is 5.20. The summed E-state index contributed by atoms with van der Waals surface area (Å²) in [6, 6.07) is 20.7. The lowest BCUT2D eigenvalue weighted by molar-refractivity contribution is -0.121. The topological polar surface area (TPSA) is 77.3 Å². The number of anilines is 1. The first kappa shape index (κ1) is 21.2. The summed E-state index contributed by atoms with van der Waals surface area (Å²) in [6.07, 6.45) is 0. The van der Waals surface area contributed by atoms with Crippen molar-refractivity contribution in [1.82, 2.24) is 14.8 Å². The number of benzene rings is 2. The number of para-hydroxylation sites is 1. The Hall–Kier alpha value is -4.00. The maximum absolute atomic E-state index is 13.1. The van der Waals surface area contributed by atoms with E-state index in [-0.39, 0.29) is 12.5 Å². The summed E-state index contributed by atoms with van der Waals surface area (Å²) >= 11 is 0. The zero-order valence-electron chi connectivity index (χ0n) is 18.3. The van der Waals surface area contributed by atoms with E-state index in [0.717, 1.165) is 11.3 Å². The highest BCUT2D eigenvalue weighted by Gasteiger charge is 2.22. The van der Waals surface area contributed by atoms with Gasteiger partial charge in [-0.15, -0.1) is 0 Å². The average Bonchev–Trinajstić information content (AvgIpc) is 3.09. The van der Waals surface area contributed by atoms with E-state index >= 15 is 0 Å². The Morgan fingerprint density at radius 3 is 2.34 bits per heavy atom. The van der Waals surface area contributed by atoms with Crippen LogP contribution in [0.3, 0.4) is 0 Å². The number of hydrogen-bond donors (Lipinski definition) is 0. The minimum atomic E-state index is -0.572. The largest absolute Gasteiger partial charge is 0.452 e. The summed E-state index contributed by atoms with van der Waals surface area (Å²) in [5.74, 6) is -0.879. The zero-order chi connectivity index (χ0) is 22.7. The van der Waals surface area contributed by atoms with Crippen LogP contribution in [0.2, 0.25) is 0 Å². The molecule has 7 nitrogen and oxygen atoms in total. The molecule has 0 unspecified atom stereocenters. The van der Waals surface area contributed by atoms with Gasteiger partial charge in [-0.05, 0) is 37.6 Å². The number of aryl methyl sites for hydroxylation is 3. The predicted molar refractivity (Wildman–Crippen MR) is 122 cm³/mol. The van der Waals surface area contributed by atoms with Gasteiger partial charge in [0, 0.05) is 18.4 Å². The Kier molecular flexibility index (Phi) is 5.98. The third-order valence-electron chi connectivity index (χ3n) is 5.20. The zero-order valence-corrected chi connectivity index (χ0v) is 18.3. The van der Waals surface area contributed by atoms with Crippen molar-refractivity contribution in [3.8, 4) is 0 Å². The minimum Gasteiger partial charge on any atom is -0.452 e. The van der Waals surface area contributed by atoms with Gasteiger partial charge in [0.05, 0.1) is 23.2 Å². The summed E-state index contributed by atoms with van der Waals surface area (Å²) < 4.78 is 7.10. The predicted octanol–water partition coefficient (Wildman–Crippen LogP) is 3.98. The van der Waals surface area contributed by atoms with Gasteiger partial charge < -0.3 is 9.64 Å². The molecular formula is C25H24N4O3. The highest BCUT2D eigenvalue weighted by atomic mass is 16.5. The van der Waals surface area contributed by atoms with Crippen LogP contribution in [0.15, 0.2) is 66.7 Å². The lowest BCUT2D eigenvalue weighted by Gasteiger charge is -2.23. The van der Waals surface area contributed by atoms with Crippen LogP contribution in [0.4, 0.5) is 5.69 Å². The number of rotatable bonds is 6. The first-order chi connectivity index (χ1) is 15.4. The van der Waals surface area contributed by atoms with Gasteiger partial charge in [0.1, 0.15) is 0 Å². The molecule has 2 aromatic carbocycles. The number of fused-ring (bicyclic) bond motifs is 1. The number of amides is 1. The second-order valence-corrected chi connectivity index (χ2v) is 7.60. The van der Waals surface area contributed by atoms with Gasteiger partial charge in [-0.1, -0.05) is 48.5 Å². The molecule has 162 valence electrons. The van der Waals surface area contributed by atoms with Crippen molar-refractivity contribution in [2.24, 2.45) is 7.05 Å². The monoisotopic (exact) mass is 428 g/mol. The maximum Gasteiger partial charge on any atom is 0.339 e. The fourth-order valence-electron chi connectivity index (χ4n) is 3.71. The fraction of sp³-hybridized carbons (Fsp3) is 0.200. The molecule has 0 fully saturated rings. The maximum atomic E-state index is 13.1. The van der Waals surface area contributed by atoms with Gasteiger partial charge in [-0.25, -0.2) is 9.78 Å². The molecule has 2 heterocycles. The molecule has 0 spiro atoms. The van der Waals surface area contributed by atoms with Crippen molar-refractivity contribution in [2.45, 2.75) is 20.4 Å². The van der Waals surface area contributed by atoms with Crippen LogP contribution < -0.4 is 4.90 Å². The lowest BCUT2D eigenvalue weighted by atomic mass is 10.1. The number of hydrogen-bond acceptors (Lipinski definition) is 5. The second kappa shape index (κ2) is 9.01. The summed E-state index contributed by atoms with van der Waals surface area (Å²) in [5, 5.41) is 4.99. The quantitative estimate of drug-likeness (QED) is 0.434. The molecule has 0 N–H and O–H groups in total. The minimum absolute atomic E-state index is 0.307. The number of aromatic nitrogens is 3. The number of nitrogens with zero attached hydrogens (tertiary/aromatic N) is 4. The summed E-state index contributed by atoms with van der Waals surface area (Å²) in [7, 11) is 1.78. The van der Waals surface area contributed by atoms with Gasteiger partial charge in [0.25, 0.3) is 5.91 Å². The Morgan fingerprint density at radius 1 is 1.00 bits per heavy atom. The molecule has 0 bridgehead atoms. The molecule has 0 radical (unpaired) electrons. The molecule has 2 aromatic heterocycles. The van der Waals surface area contributed by atoms with E-state index in [1.807, 2.05) is 67.6 Å². The Bertz CT molecular complexity index is 1270. The van der Waals surface area contributed by atoms with Crippen molar-refractivity contribution < 1.29 is 14.3 Å².